The average Bonchev–Trinajstić information content (AvgIpc) is 2.81. The number of nitrogens with zero attached hydrogens (tertiary/aromatic N) is 4. The largest absolute Gasteiger partial charge is 0.396 e. The summed E-state index contributed by atoms with van der Waals surface area (Å²) in [6.07, 6.45) is 1.75. The van der Waals surface area contributed by atoms with Crippen LogP contribution in [0.5, 0.6) is 0 Å². The third-order valence-electron chi connectivity index (χ3n) is 3.04. The summed E-state index contributed by atoms with van der Waals surface area (Å²) in [7, 11) is 0. The van der Waals surface area contributed by atoms with E-state index in [4.69, 9.17) is 5.73 Å². The van der Waals surface area contributed by atoms with Crippen LogP contribution >= 0.6 is 22.6 Å². The molecule has 0 bridgehead atoms. The van der Waals surface area contributed by atoms with Crippen LogP contribution in [0.15, 0.2) is 36.5 Å². The van der Waals surface area contributed by atoms with Crippen molar-refractivity contribution in [1.29, 1.82) is 0 Å². The van der Waals surface area contributed by atoms with Gasteiger partial charge in [0.15, 0.2) is 0 Å². The van der Waals surface area contributed by atoms with E-state index < -0.39 is 0 Å². The molecule has 0 aliphatic rings. The predicted octanol–water partition coefficient (Wildman–Crippen LogP) is 3.13. The van der Waals surface area contributed by atoms with Gasteiger partial charge in [0.2, 0.25) is 0 Å². The van der Waals surface area contributed by atoms with Gasteiger partial charge in [-0.05, 0) is 54.6 Å². The smallest absolute Gasteiger partial charge is 0.251 e. The van der Waals surface area contributed by atoms with Gasteiger partial charge in [0.1, 0.15) is 5.69 Å². The van der Waals surface area contributed by atoms with Crippen LogP contribution in [0.3, 0.4) is 0 Å². The molecule has 0 radical (unpaired) electrons. The lowest BCUT2D eigenvalue weighted by Crippen LogP contribution is -2.04. The van der Waals surface area contributed by atoms with Crippen LogP contribution in [0, 0.1) is 17.4 Å². The number of hydrogen-bond acceptors (Lipinski definition) is 4. The summed E-state index contributed by atoms with van der Waals surface area (Å²) < 4.78 is 2.80. The van der Waals surface area contributed by atoms with Crippen LogP contribution < -0.4 is 5.73 Å². The summed E-state index contributed by atoms with van der Waals surface area (Å²) in [5, 5.41) is 4.53. The third-order valence-corrected chi connectivity index (χ3v) is 3.75. The lowest BCUT2D eigenvalue weighted by molar-refractivity contribution is 0.796. The molecule has 0 aliphatic carbocycles. The molecule has 0 saturated carbocycles. The molecule has 3 rings (SSSR count). The Balaban J connectivity index is 2.07. The van der Waals surface area contributed by atoms with Crippen molar-refractivity contribution in [3.05, 3.63) is 51.5 Å². The Hall–Kier alpha value is -1.96. The fraction of sp³-hybridized carbons (Fsp3) is 0.133. The lowest BCUT2D eigenvalue weighted by Gasteiger charge is -2.02. The fourth-order valence-electron chi connectivity index (χ4n) is 2.13. The molecular weight excluding hydrogens is 377 g/mol. The fourth-order valence-corrected chi connectivity index (χ4v) is 2.49. The van der Waals surface area contributed by atoms with Gasteiger partial charge in [-0.25, -0.2) is 14.6 Å². The molecule has 5 nitrogen and oxygen atoms in total. The van der Waals surface area contributed by atoms with Crippen LogP contribution in [0.2, 0.25) is 0 Å². The quantitative estimate of drug-likeness (QED) is 0.682. The Morgan fingerprint density at radius 3 is 2.29 bits per heavy atom. The zero-order chi connectivity index (χ0) is 15.0. The van der Waals surface area contributed by atoms with Crippen LogP contribution in [-0.4, -0.2) is 19.7 Å². The van der Waals surface area contributed by atoms with Crippen molar-refractivity contribution in [2.45, 2.75) is 13.8 Å². The Bertz CT molecular complexity index is 772. The lowest BCUT2D eigenvalue weighted by atomic mass is 10.1. The number of rotatable bonds is 2. The van der Waals surface area contributed by atoms with E-state index in [0.717, 1.165) is 22.6 Å². The van der Waals surface area contributed by atoms with Gasteiger partial charge in [-0.15, -0.1) is 0 Å². The minimum atomic E-state index is 0.538. The standard InChI is InChI=1S/C15H14IN5/c1-9-7-10(2)19-15(18-9)21-8-13(17)14(20-21)11-3-5-12(16)6-4-11/h3-8H,17H2,1-2H3. The third kappa shape index (κ3) is 2.90. The maximum Gasteiger partial charge on any atom is 0.251 e. The molecule has 0 aliphatic heterocycles. The number of anilines is 1. The van der Waals surface area contributed by atoms with Crippen molar-refractivity contribution in [3.8, 4) is 17.2 Å². The number of hydrogen-bond donors (Lipinski definition) is 1. The van der Waals surface area contributed by atoms with Crippen LogP contribution in [0.4, 0.5) is 5.69 Å². The second kappa shape index (κ2) is 5.44. The van der Waals surface area contributed by atoms with Gasteiger partial charge in [0, 0.05) is 20.5 Å². The van der Waals surface area contributed by atoms with E-state index in [2.05, 4.69) is 37.7 Å². The van der Waals surface area contributed by atoms with Crippen molar-refractivity contribution < 1.29 is 0 Å². The Kier molecular flexibility index (Phi) is 3.62. The summed E-state index contributed by atoms with van der Waals surface area (Å²) in [5.74, 6) is 0.538. The van der Waals surface area contributed by atoms with Crippen molar-refractivity contribution in [3.63, 3.8) is 0 Å². The number of benzene rings is 1. The van der Waals surface area contributed by atoms with Gasteiger partial charge in [0.05, 0.1) is 11.9 Å². The molecule has 3 aromatic rings. The Labute approximate surface area is 136 Å². The zero-order valence-electron chi connectivity index (χ0n) is 11.7. The summed E-state index contributed by atoms with van der Waals surface area (Å²) in [6, 6.07) is 10.0. The molecule has 106 valence electrons. The van der Waals surface area contributed by atoms with E-state index in [1.165, 1.54) is 3.57 Å². The van der Waals surface area contributed by atoms with E-state index in [-0.39, 0.29) is 0 Å². The summed E-state index contributed by atoms with van der Waals surface area (Å²) in [5.41, 5.74) is 10.2. The van der Waals surface area contributed by atoms with Gasteiger partial charge in [-0.2, -0.15) is 5.10 Å². The monoisotopic (exact) mass is 391 g/mol. The molecule has 6 heteroatoms. The molecule has 1 aromatic carbocycles. The molecule has 0 fully saturated rings. The highest BCUT2D eigenvalue weighted by atomic mass is 127. The maximum atomic E-state index is 6.08. The van der Waals surface area contributed by atoms with Gasteiger partial charge in [-0.1, -0.05) is 12.1 Å². The molecule has 2 heterocycles. The molecule has 0 unspecified atom stereocenters. The summed E-state index contributed by atoms with van der Waals surface area (Å²) >= 11 is 2.27. The summed E-state index contributed by atoms with van der Waals surface area (Å²) in [6.45, 7) is 3.87. The van der Waals surface area contributed by atoms with Crippen LogP contribution in [-0.2, 0) is 0 Å². The van der Waals surface area contributed by atoms with Crippen molar-refractivity contribution in [1.82, 2.24) is 19.7 Å². The van der Waals surface area contributed by atoms with Crippen LogP contribution in [0.1, 0.15) is 11.4 Å². The Morgan fingerprint density at radius 2 is 1.67 bits per heavy atom. The topological polar surface area (TPSA) is 69.6 Å². The van der Waals surface area contributed by atoms with Crippen molar-refractivity contribution in [2.24, 2.45) is 0 Å². The molecule has 0 atom stereocenters. The SMILES string of the molecule is Cc1cc(C)nc(-n2cc(N)c(-c3ccc(I)cc3)n2)n1. The van der Waals surface area contributed by atoms with Gasteiger partial charge >= 0.3 is 0 Å². The molecular formula is C15H14IN5. The van der Waals surface area contributed by atoms with E-state index >= 15 is 0 Å². The first-order valence-corrected chi connectivity index (χ1v) is 7.54. The van der Waals surface area contributed by atoms with E-state index in [1.54, 1.807) is 10.9 Å². The number of aryl methyl sites for hydroxylation is 2. The number of halogens is 1. The highest BCUT2D eigenvalue weighted by molar-refractivity contribution is 14.1. The maximum absolute atomic E-state index is 6.08. The molecule has 2 aromatic heterocycles. The van der Waals surface area contributed by atoms with Gasteiger partial charge in [0.25, 0.3) is 5.95 Å². The Morgan fingerprint density at radius 1 is 1.05 bits per heavy atom. The zero-order valence-corrected chi connectivity index (χ0v) is 13.9. The minimum absolute atomic E-state index is 0.538. The van der Waals surface area contributed by atoms with Gasteiger partial charge in [-0.3, -0.25) is 0 Å². The molecule has 2 N–H and O–H groups in total. The second-order valence-corrected chi connectivity index (χ2v) is 6.08. The highest BCUT2D eigenvalue weighted by Crippen LogP contribution is 2.25. The second-order valence-electron chi connectivity index (χ2n) is 4.84. The van der Waals surface area contributed by atoms with Crippen molar-refractivity contribution >= 4 is 28.3 Å². The van der Waals surface area contributed by atoms with Crippen molar-refractivity contribution in [2.75, 3.05) is 5.73 Å². The highest BCUT2D eigenvalue weighted by Gasteiger charge is 2.11. The summed E-state index contributed by atoms with van der Waals surface area (Å²) in [4.78, 5) is 8.80. The van der Waals surface area contributed by atoms with E-state index in [9.17, 15) is 0 Å². The predicted molar refractivity (Wildman–Crippen MR) is 91.2 cm³/mol. The first kappa shape index (κ1) is 14.0. The van der Waals surface area contributed by atoms with Crippen LogP contribution in [0.25, 0.3) is 17.2 Å². The number of nitrogens with two attached hydrogens (primary N) is 1. The normalized spacial score (nSPS) is 10.8. The molecule has 0 saturated heterocycles. The first-order chi connectivity index (χ1) is 10.0. The average molecular weight is 391 g/mol. The number of aromatic nitrogens is 4. The minimum Gasteiger partial charge on any atom is -0.396 e. The molecule has 21 heavy (non-hydrogen) atoms. The molecule has 0 amide bonds. The molecule has 0 spiro atoms. The first-order valence-electron chi connectivity index (χ1n) is 6.46. The van der Waals surface area contributed by atoms with E-state index in [1.807, 2.05) is 44.2 Å². The van der Waals surface area contributed by atoms with E-state index in [0.29, 0.717) is 11.6 Å². The number of nitrogen functional groups attached to an aromatic ring is 1. The van der Waals surface area contributed by atoms with Gasteiger partial charge < -0.3 is 5.73 Å².